The molecular weight excluding hydrogens is 348 g/mol. The van der Waals surface area contributed by atoms with E-state index in [1.807, 2.05) is 6.07 Å². The van der Waals surface area contributed by atoms with E-state index in [9.17, 15) is 19.7 Å². The van der Waals surface area contributed by atoms with E-state index in [1.165, 1.54) is 11.9 Å². The SMILES string of the molecule is CN1C[C@@]2(Cc3cc([N+](=O)[O-])ccc3N3CCCCC[C@@H]32)C(=O)N(C)C1=O. The predicted octanol–water partition coefficient (Wildman–Crippen LogP) is 2.41. The van der Waals surface area contributed by atoms with Crippen LogP contribution < -0.4 is 4.90 Å². The molecule has 1 aromatic rings. The molecule has 3 aliphatic rings. The van der Waals surface area contributed by atoms with Gasteiger partial charge >= 0.3 is 6.03 Å². The quantitative estimate of drug-likeness (QED) is 0.558. The molecule has 2 saturated heterocycles. The van der Waals surface area contributed by atoms with Crippen LogP contribution in [0.25, 0.3) is 0 Å². The van der Waals surface area contributed by atoms with E-state index in [-0.39, 0.29) is 23.7 Å². The number of amides is 3. The number of fused-ring (bicyclic) bond motifs is 4. The van der Waals surface area contributed by atoms with Crippen molar-refractivity contribution in [1.82, 2.24) is 9.80 Å². The van der Waals surface area contributed by atoms with E-state index in [4.69, 9.17) is 0 Å². The third kappa shape index (κ3) is 2.57. The van der Waals surface area contributed by atoms with Gasteiger partial charge in [-0.05, 0) is 30.9 Å². The number of hydrogen-bond acceptors (Lipinski definition) is 5. The van der Waals surface area contributed by atoms with Crippen molar-refractivity contribution < 1.29 is 14.5 Å². The second kappa shape index (κ2) is 6.21. The van der Waals surface area contributed by atoms with E-state index >= 15 is 0 Å². The summed E-state index contributed by atoms with van der Waals surface area (Å²) < 4.78 is 0. The highest BCUT2D eigenvalue weighted by Gasteiger charge is 2.57. The van der Waals surface area contributed by atoms with E-state index in [2.05, 4.69) is 4.90 Å². The minimum Gasteiger partial charge on any atom is -0.367 e. The number of benzene rings is 1. The van der Waals surface area contributed by atoms with Crippen LogP contribution in [0.15, 0.2) is 18.2 Å². The van der Waals surface area contributed by atoms with Crippen molar-refractivity contribution in [3.63, 3.8) is 0 Å². The molecule has 3 aliphatic heterocycles. The van der Waals surface area contributed by atoms with Gasteiger partial charge in [0.15, 0.2) is 0 Å². The van der Waals surface area contributed by atoms with Gasteiger partial charge in [0.25, 0.3) is 5.69 Å². The predicted molar refractivity (Wildman–Crippen MR) is 99.6 cm³/mol. The van der Waals surface area contributed by atoms with Crippen LogP contribution in [0.5, 0.6) is 0 Å². The molecule has 3 amide bonds. The van der Waals surface area contributed by atoms with E-state index < -0.39 is 10.3 Å². The van der Waals surface area contributed by atoms with Crippen LogP contribution >= 0.6 is 0 Å². The highest BCUT2D eigenvalue weighted by molar-refractivity contribution is 6.01. The summed E-state index contributed by atoms with van der Waals surface area (Å²) in [5.74, 6) is -0.167. The zero-order chi connectivity index (χ0) is 19.3. The number of hydrogen-bond donors (Lipinski definition) is 0. The van der Waals surface area contributed by atoms with Gasteiger partial charge in [-0.15, -0.1) is 0 Å². The Morgan fingerprint density at radius 1 is 1.19 bits per heavy atom. The first-order chi connectivity index (χ1) is 12.8. The second-order valence-corrected chi connectivity index (χ2v) is 7.96. The van der Waals surface area contributed by atoms with Gasteiger partial charge in [0.05, 0.1) is 10.3 Å². The highest BCUT2D eigenvalue weighted by atomic mass is 16.6. The average Bonchev–Trinajstić information content (AvgIpc) is 2.91. The molecule has 0 aliphatic carbocycles. The van der Waals surface area contributed by atoms with Crippen molar-refractivity contribution >= 4 is 23.3 Å². The van der Waals surface area contributed by atoms with Crippen molar-refractivity contribution in [2.24, 2.45) is 5.41 Å². The van der Waals surface area contributed by atoms with Crippen molar-refractivity contribution in [2.45, 2.75) is 38.1 Å². The number of nitrogens with zero attached hydrogens (tertiary/aromatic N) is 4. The summed E-state index contributed by atoms with van der Waals surface area (Å²) in [5.41, 5.74) is 1.10. The maximum absolute atomic E-state index is 13.4. The Balaban J connectivity index is 1.87. The fraction of sp³-hybridized carbons (Fsp3) is 0.579. The third-order valence-corrected chi connectivity index (χ3v) is 6.34. The second-order valence-electron chi connectivity index (χ2n) is 7.96. The Bertz CT molecular complexity index is 826. The first-order valence-corrected chi connectivity index (χ1v) is 9.42. The largest absolute Gasteiger partial charge is 0.367 e. The number of anilines is 1. The van der Waals surface area contributed by atoms with Gasteiger partial charge in [-0.25, -0.2) is 4.79 Å². The number of carbonyl (C=O) groups excluding carboxylic acids is 2. The van der Waals surface area contributed by atoms with Gasteiger partial charge in [0.2, 0.25) is 5.91 Å². The molecule has 8 nitrogen and oxygen atoms in total. The van der Waals surface area contributed by atoms with Gasteiger partial charge in [-0.2, -0.15) is 0 Å². The lowest BCUT2D eigenvalue weighted by atomic mass is 9.67. The Labute approximate surface area is 157 Å². The van der Waals surface area contributed by atoms with Crippen molar-refractivity contribution in [3.05, 3.63) is 33.9 Å². The average molecular weight is 372 g/mol. The van der Waals surface area contributed by atoms with Crippen molar-refractivity contribution in [3.8, 4) is 0 Å². The molecule has 1 spiro atoms. The summed E-state index contributed by atoms with van der Waals surface area (Å²) in [7, 11) is 3.25. The molecule has 0 radical (unpaired) electrons. The molecule has 0 bridgehead atoms. The fourth-order valence-electron chi connectivity index (χ4n) is 5.15. The zero-order valence-corrected chi connectivity index (χ0v) is 15.7. The minimum absolute atomic E-state index is 0.000504. The third-order valence-electron chi connectivity index (χ3n) is 6.34. The first kappa shape index (κ1) is 17.8. The topological polar surface area (TPSA) is 87.0 Å². The molecule has 8 heteroatoms. The Hall–Kier alpha value is -2.64. The van der Waals surface area contributed by atoms with Crippen LogP contribution in [0, 0.1) is 15.5 Å². The van der Waals surface area contributed by atoms with Gasteiger partial charge < -0.3 is 9.80 Å². The standard InChI is InChI=1S/C19H24N4O4/c1-20-12-19(17(24)21(2)18(20)25)11-13-10-14(23(26)27)7-8-15(13)22-9-5-3-4-6-16(19)22/h7-8,10,16H,3-6,9,11-12H2,1-2H3/t16-,19-/m1/s1. The zero-order valence-electron chi connectivity index (χ0n) is 15.7. The number of carbonyl (C=O) groups is 2. The molecule has 0 N–H and O–H groups in total. The number of non-ortho nitro benzene ring substituents is 1. The normalized spacial score (nSPS) is 28.1. The lowest BCUT2D eigenvalue weighted by Crippen LogP contribution is -2.68. The summed E-state index contributed by atoms with van der Waals surface area (Å²) in [6.07, 6.45) is 4.48. The van der Waals surface area contributed by atoms with Gasteiger partial charge in [-0.1, -0.05) is 12.8 Å². The van der Waals surface area contributed by atoms with Crippen LogP contribution in [0.1, 0.15) is 31.2 Å². The first-order valence-electron chi connectivity index (χ1n) is 9.42. The van der Waals surface area contributed by atoms with Gasteiger partial charge in [0, 0.05) is 51.0 Å². The van der Waals surface area contributed by atoms with Crippen LogP contribution in [-0.4, -0.2) is 59.9 Å². The van der Waals surface area contributed by atoms with E-state index in [0.29, 0.717) is 13.0 Å². The molecule has 0 saturated carbocycles. The summed E-state index contributed by atoms with van der Waals surface area (Å²) in [6, 6.07) is 4.67. The number of rotatable bonds is 1. The molecule has 0 unspecified atom stereocenters. The maximum atomic E-state index is 13.4. The fourth-order valence-corrected chi connectivity index (χ4v) is 5.15. The maximum Gasteiger partial charge on any atom is 0.326 e. The van der Waals surface area contributed by atoms with Crippen LogP contribution in [0.3, 0.4) is 0 Å². The van der Waals surface area contributed by atoms with Crippen molar-refractivity contribution in [2.75, 3.05) is 32.1 Å². The molecule has 2 fully saturated rings. The Morgan fingerprint density at radius 2 is 1.96 bits per heavy atom. The molecule has 1 aromatic carbocycles. The Morgan fingerprint density at radius 3 is 2.70 bits per heavy atom. The smallest absolute Gasteiger partial charge is 0.326 e. The summed E-state index contributed by atoms with van der Waals surface area (Å²) in [5, 5.41) is 11.3. The molecule has 144 valence electrons. The lowest BCUT2D eigenvalue weighted by molar-refractivity contribution is -0.384. The Kier molecular flexibility index (Phi) is 4.09. The lowest BCUT2D eigenvalue weighted by Gasteiger charge is -2.54. The van der Waals surface area contributed by atoms with Crippen LogP contribution in [0.4, 0.5) is 16.2 Å². The number of nitro groups is 1. The number of urea groups is 1. The molecule has 4 rings (SSSR count). The van der Waals surface area contributed by atoms with Crippen molar-refractivity contribution in [1.29, 1.82) is 0 Å². The molecular formula is C19H24N4O4. The monoisotopic (exact) mass is 372 g/mol. The molecule has 0 aromatic heterocycles. The number of imide groups is 1. The van der Waals surface area contributed by atoms with Gasteiger partial charge in [0.1, 0.15) is 0 Å². The van der Waals surface area contributed by atoms with Gasteiger partial charge in [-0.3, -0.25) is 19.8 Å². The van der Waals surface area contributed by atoms with E-state index in [1.54, 1.807) is 24.1 Å². The molecule has 3 heterocycles. The highest BCUT2D eigenvalue weighted by Crippen LogP contribution is 2.48. The van der Waals surface area contributed by atoms with Crippen LogP contribution in [0.2, 0.25) is 0 Å². The van der Waals surface area contributed by atoms with E-state index in [0.717, 1.165) is 43.5 Å². The molecule has 27 heavy (non-hydrogen) atoms. The van der Waals surface area contributed by atoms with Crippen LogP contribution in [-0.2, 0) is 11.2 Å². The summed E-state index contributed by atoms with van der Waals surface area (Å²) in [4.78, 5) is 41.6. The minimum atomic E-state index is -0.760. The molecule has 2 atom stereocenters. The number of nitro benzene ring substituents is 1. The summed E-state index contributed by atoms with van der Waals surface area (Å²) in [6.45, 7) is 1.17. The summed E-state index contributed by atoms with van der Waals surface area (Å²) >= 11 is 0.